The van der Waals surface area contributed by atoms with Crippen molar-refractivity contribution in [2.45, 2.75) is 18.8 Å². The second kappa shape index (κ2) is 3.05. The third kappa shape index (κ3) is 1.55. The fourth-order valence-corrected chi connectivity index (χ4v) is 1.67. The highest BCUT2D eigenvalue weighted by atomic mass is 16.4. The minimum absolute atomic E-state index is 0.443. The Balaban J connectivity index is 2.47. The molecule has 3 nitrogen and oxygen atoms in total. The van der Waals surface area contributed by atoms with Gasteiger partial charge < -0.3 is 15.8 Å². The van der Waals surface area contributed by atoms with E-state index >= 15 is 0 Å². The summed E-state index contributed by atoms with van der Waals surface area (Å²) in [4.78, 5) is 0. The lowest BCUT2D eigenvalue weighted by Gasteiger charge is -2.10. The fraction of sp³-hybridized carbons (Fsp3) is 0.333. The van der Waals surface area contributed by atoms with Crippen LogP contribution in [0.15, 0.2) is 18.2 Å². The van der Waals surface area contributed by atoms with Gasteiger partial charge in [-0.2, -0.15) is 0 Å². The molecule has 0 radical (unpaired) electrons. The van der Waals surface area contributed by atoms with Gasteiger partial charge in [-0.25, -0.2) is 0 Å². The fourth-order valence-electron chi connectivity index (χ4n) is 1.67. The molecular formula is C9H12BNO2. The monoisotopic (exact) mass is 177 g/mol. The molecule has 4 N–H and O–H groups in total. The molecule has 13 heavy (non-hydrogen) atoms. The average molecular weight is 177 g/mol. The van der Waals surface area contributed by atoms with Crippen LogP contribution in [0.3, 0.4) is 0 Å². The predicted octanol–water partition coefficient (Wildman–Crippen LogP) is -0.174. The molecular weight excluding hydrogens is 165 g/mol. The second-order valence-corrected chi connectivity index (χ2v) is 3.50. The highest BCUT2D eigenvalue weighted by Gasteiger charge is 2.30. The maximum Gasteiger partial charge on any atom is 0.488 e. The van der Waals surface area contributed by atoms with Crippen molar-refractivity contribution < 1.29 is 10.0 Å². The van der Waals surface area contributed by atoms with E-state index in [9.17, 15) is 0 Å². The number of benzene rings is 1. The number of nitrogen functional groups attached to an aromatic ring is 1. The van der Waals surface area contributed by atoms with E-state index in [1.165, 1.54) is 0 Å². The van der Waals surface area contributed by atoms with Crippen molar-refractivity contribution in [2.24, 2.45) is 0 Å². The Labute approximate surface area is 77.3 Å². The summed E-state index contributed by atoms with van der Waals surface area (Å²) in [6.07, 6.45) is 2.21. The van der Waals surface area contributed by atoms with E-state index in [0.717, 1.165) is 18.4 Å². The van der Waals surface area contributed by atoms with Crippen LogP contribution in [0.25, 0.3) is 0 Å². The molecule has 0 aromatic heterocycles. The largest absolute Gasteiger partial charge is 0.488 e. The zero-order valence-corrected chi connectivity index (χ0v) is 7.27. The summed E-state index contributed by atoms with van der Waals surface area (Å²) in [5.41, 5.74) is 7.94. The van der Waals surface area contributed by atoms with Crippen LogP contribution in [0.1, 0.15) is 24.3 Å². The van der Waals surface area contributed by atoms with Crippen LogP contribution in [0.4, 0.5) is 5.69 Å². The van der Waals surface area contributed by atoms with E-state index in [2.05, 4.69) is 0 Å². The first-order valence-corrected chi connectivity index (χ1v) is 4.44. The summed E-state index contributed by atoms with van der Waals surface area (Å²) in [5.74, 6) is 0.443. The van der Waals surface area contributed by atoms with Crippen LogP contribution in [-0.2, 0) is 0 Å². The van der Waals surface area contributed by atoms with Gasteiger partial charge >= 0.3 is 7.12 Å². The number of rotatable bonds is 2. The average Bonchev–Trinajstić information content (AvgIpc) is 2.86. The highest BCUT2D eigenvalue weighted by molar-refractivity contribution is 6.59. The molecule has 2 rings (SSSR count). The van der Waals surface area contributed by atoms with Crippen LogP contribution in [0.2, 0.25) is 0 Å². The Morgan fingerprint density at radius 2 is 2.00 bits per heavy atom. The molecule has 0 spiro atoms. The van der Waals surface area contributed by atoms with Crippen LogP contribution in [0.5, 0.6) is 0 Å². The number of nitrogens with two attached hydrogens (primary N) is 1. The number of hydrogen-bond donors (Lipinski definition) is 3. The van der Waals surface area contributed by atoms with Crippen molar-refractivity contribution >= 4 is 18.3 Å². The van der Waals surface area contributed by atoms with Gasteiger partial charge in [0.15, 0.2) is 0 Å². The topological polar surface area (TPSA) is 66.5 Å². The van der Waals surface area contributed by atoms with E-state index in [4.69, 9.17) is 15.8 Å². The van der Waals surface area contributed by atoms with E-state index in [1.807, 2.05) is 0 Å². The maximum atomic E-state index is 9.11. The zero-order chi connectivity index (χ0) is 9.42. The predicted molar refractivity (Wildman–Crippen MR) is 52.7 cm³/mol. The van der Waals surface area contributed by atoms with Crippen LogP contribution in [0, 0.1) is 0 Å². The lowest BCUT2D eigenvalue weighted by Crippen LogP contribution is -2.33. The summed E-state index contributed by atoms with van der Waals surface area (Å²) in [6, 6.07) is 5.27. The number of anilines is 1. The van der Waals surface area contributed by atoms with Crippen molar-refractivity contribution in [3.8, 4) is 0 Å². The van der Waals surface area contributed by atoms with Crippen LogP contribution in [-0.4, -0.2) is 17.2 Å². The number of hydrogen-bond acceptors (Lipinski definition) is 3. The summed E-state index contributed by atoms with van der Waals surface area (Å²) in [7, 11) is -1.40. The standard InChI is InChI=1S/C9H12BNO2/c11-8-3-1-2-7(10(12)13)9(8)6-4-5-6/h1-3,6,12-13H,4-5,11H2. The summed E-state index contributed by atoms with van der Waals surface area (Å²) < 4.78 is 0. The Hall–Kier alpha value is -0.995. The molecule has 1 aromatic rings. The van der Waals surface area contributed by atoms with Crippen molar-refractivity contribution in [1.82, 2.24) is 0 Å². The first kappa shape index (κ1) is 8.60. The van der Waals surface area contributed by atoms with Crippen molar-refractivity contribution in [3.63, 3.8) is 0 Å². The normalized spacial score (nSPS) is 15.8. The molecule has 0 unspecified atom stereocenters. The van der Waals surface area contributed by atoms with E-state index in [0.29, 0.717) is 17.1 Å². The van der Waals surface area contributed by atoms with Gasteiger partial charge in [0.05, 0.1) is 0 Å². The molecule has 0 amide bonds. The molecule has 1 fully saturated rings. The molecule has 0 aliphatic heterocycles. The first-order valence-electron chi connectivity index (χ1n) is 4.44. The lowest BCUT2D eigenvalue weighted by molar-refractivity contribution is 0.425. The van der Waals surface area contributed by atoms with Crippen LogP contribution >= 0.6 is 0 Å². The van der Waals surface area contributed by atoms with E-state index in [1.54, 1.807) is 18.2 Å². The molecule has 68 valence electrons. The third-order valence-corrected chi connectivity index (χ3v) is 2.44. The quantitative estimate of drug-likeness (QED) is 0.433. The molecule has 1 aliphatic carbocycles. The van der Waals surface area contributed by atoms with E-state index in [-0.39, 0.29) is 0 Å². The molecule has 0 bridgehead atoms. The van der Waals surface area contributed by atoms with Crippen LogP contribution < -0.4 is 11.2 Å². The van der Waals surface area contributed by atoms with Gasteiger partial charge in [0.25, 0.3) is 0 Å². The molecule has 0 heterocycles. The lowest BCUT2D eigenvalue weighted by atomic mass is 9.75. The summed E-state index contributed by atoms with van der Waals surface area (Å²) in [5, 5.41) is 18.2. The Kier molecular flexibility index (Phi) is 2.02. The zero-order valence-electron chi connectivity index (χ0n) is 7.27. The minimum Gasteiger partial charge on any atom is -0.423 e. The van der Waals surface area contributed by atoms with Gasteiger partial charge in [-0.3, -0.25) is 0 Å². The molecule has 1 aliphatic rings. The van der Waals surface area contributed by atoms with Gasteiger partial charge in [-0.05, 0) is 35.9 Å². The first-order chi connectivity index (χ1) is 6.20. The molecule has 1 aromatic carbocycles. The van der Waals surface area contributed by atoms with Crippen molar-refractivity contribution in [3.05, 3.63) is 23.8 Å². The Morgan fingerprint density at radius 1 is 1.31 bits per heavy atom. The van der Waals surface area contributed by atoms with E-state index < -0.39 is 7.12 Å². The molecule has 0 saturated heterocycles. The highest BCUT2D eigenvalue weighted by Crippen LogP contribution is 2.41. The Morgan fingerprint density at radius 3 is 2.54 bits per heavy atom. The second-order valence-electron chi connectivity index (χ2n) is 3.50. The van der Waals surface area contributed by atoms with Gasteiger partial charge in [-0.15, -0.1) is 0 Å². The smallest absolute Gasteiger partial charge is 0.423 e. The molecule has 4 heteroatoms. The minimum atomic E-state index is -1.40. The van der Waals surface area contributed by atoms with Gasteiger partial charge in [0.1, 0.15) is 0 Å². The van der Waals surface area contributed by atoms with Gasteiger partial charge in [0.2, 0.25) is 0 Å². The summed E-state index contributed by atoms with van der Waals surface area (Å²) in [6.45, 7) is 0. The van der Waals surface area contributed by atoms with Crippen molar-refractivity contribution in [2.75, 3.05) is 5.73 Å². The maximum absolute atomic E-state index is 9.11. The Bertz CT molecular complexity index is 323. The third-order valence-electron chi connectivity index (χ3n) is 2.44. The summed E-state index contributed by atoms with van der Waals surface area (Å²) >= 11 is 0. The van der Waals surface area contributed by atoms with Gasteiger partial charge in [0, 0.05) is 5.69 Å². The van der Waals surface area contributed by atoms with Crippen molar-refractivity contribution in [1.29, 1.82) is 0 Å². The molecule has 1 saturated carbocycles. The SMILES string of the molecule is Nc1cccc(B(O)O)c1C1CC1. The molecule has 0 atom stereocenters. The van der Waals surface area contributed by atoms with Gasteiger partial charge in [-0.1, -0.05) is 12.1 Å².